The molecule has 0 atom stereocenters. The van der Waals surface area contributed by atoms with Gasteiger partial charge in [-0.1, -0.05) is 18.2 Å². The first-order valence-electron chi connectivity index (χ1n) is 5.50. The van der Waals surface area contributed by atoms with E-state index >= 15 is 0 Å². The zero-order valence-electron chi connectivity index (χ0n) is 10.2. The largest absolute Gasteiger partial charge is 0.395 e. The summed E-state index contributed by atoms with van der Waals surface area (Å²) in [5.74, 6) is 0.224. The summed E-state index contributed by atoms with van der Waals surface area (Å²) < 4.78 is 0. The Labute approximate surface area is 109 Å². The number of nitrogen functional groups attached to an aromatic ring is 1. The van der Waals surface area contributed by atoms with E-state index < -0.39 is 0 Å². The molecule has 0 fully saturated rings. The van der Waals surface area contributed by atoms with Gasteiger partial charge in [-0.15, -0.1) is 9.81 Å². The molecule has 6 heteroatoms. The molecule has 0 aliphatic carbocycles. The highest BCUT2D eigenvalue weighted by Crippen LogP contribution is 2.34. The number of nitrogens with zero attached hydrogens (tertiary/aromatic N) is 2. The Morgan fingerprint density at radius 3 is 2.32 bits per heavy atom. The fraction of sp³-hybridized carbons (Fsp3) is 0.0769. The lowest BCUT2D eigenvalue weighted by atomic mass is 9.98. The minimum absolute atomic E-state index is 0.224. The van der Waals surface area contributed by atoms with Gasteiger partial charge in [0.1, 0.15) is 5.69 Å². The highest BCUT2D eigenvalue weighted by atomic mass is 16.7. The molecule has 0 bridgehead atoms. The Morgan fingerprint density at radius 1 is 1.05 bits per heavy atom. The summed E-state index contributed by atoms with van der Waals surface area (Å²) in [6, 6.07) is 10.1. The summed E-state index contributed by atoms with van der Waals surface area (Å²) >= 11 is 0. The number of anilines is 1. The summed E-state index contributed by atoms with van der Waals surface area (Å²) in [5.41, 5.74) is 9.13. The van der Waals surface area contributed by atoms with Crippen molar-refractivity contribution in [1.29, 1.82) is 0 Å². The van der Waals surface area contributed by atoms with E-state index in [0.717, 1.165) is 16.7 Å². The van der Waals surface area contributed by atoms with Gasteiger partial charge < -0.3 is 10.6 Å². The number of hydrogen-bond donors (Lipinski definition) is 1. The minimum Gasteiger partial charge on any atom is -0.395 e. The maximum Gasteiger partial charge on any atom is 0.184 e. The van der Waals surface area contributed by atoms with Crippen molar-refractivity contribution in [2.45, 2.75) is 6.92 Å². The highest BCUT2D eigenvalue weighted by Gasteiger charge is 2.10. The second-order valence-corrected chi connectivity index (χ2v) is 3.95. The maximum absolute atomic E-state index is 10.4. The molecular formula is C13H11N3O3. The quantitative estimate of drug-likeness (QED) is 0.513. The van der Waals surface area contributed by atoms with Crippen LogP contribution in [0.25, 0.3) is 11.1 Å². The van der Waals surface area contributed by atoms with Gasteiger partial charge in [-0.25, -0.2) is 0 Å². The van der Waals surface area contributed by atoms with Crippen molar-refractivity contribution in [2.24, 2.45) is 10.5 Å². The molecule has 0 aliphatic heterocycles. The van der Waals surface area contributed by atoms with Gasteiger partial charge in [0, 0.05) is 0 Å². The lowest BCUT2D eigenvalue weighted by Gasteiger charge is -2.10. The van der Waals surface area contributed by atoms with E-state index in [1.165, 1.54) is 0 Å². The molecule has 0 saturated heterocycles. The van der Waals surface area contributed by atoms with Gasteiger partial charge >= 0.3 is 0 Å². The van der Waals surface area contributed by atoms with Gasteiger partial charge in [0.25, 0.3) is 0 Å². The average Bonchev–Trinajstić information content (AvgIpc) is 2.45. The Kier molecular flexibility index (Phi) is 3.51. The number of nitrogens with two attached hydrogens (primary N) is 1. The third kappa shape index (κ3) is 2.42. The van der Waals surface area contributed by atoms with E-state index in [9.17, 15) is 9.81 Å². The summed E-state index contributed by atoms with van der Waals surface area (Å²) in [7, 11) is 0. The third-order valence-corrected chi connectivity index (χ3v) is 2.89. The van der Waals surface area contributed by atoms with Crippen LogP contribution in [0.4, 0.5) is 11.4 Å². The topological polar surface area (TPSA) is 94.1 Å². The van der Waals surface area contributed by atoms with Crippen LogP contribution < -0.4 is 10.6 Å². The van der Waals surface area contributed by atoms with Crippen molar-refractivity contribution in [3.05, 3.63) is 51.8 Å². The lowest BCUT2D eigenvalue weighted by Crippen LogP contribution is -1.96. The van der Waals surface area contributed by atoms with Crippen molar-refractivity contribution in [3.63, 3.8) is 0 Å². The molecule has 96 valence electrons. The molecule has 2 rings (SSSR count). The summed E-state index contributed by atoms with van der Waals surface area (Å²) in [6.07, 6.45) is 0. The third-order valence-electron chi connectivity index (χ3n) is 2.89. The number of hydrogen-bond acceptors (Lipinski definition) is 6. The molecule has 0 unspecified atom stereocenters. The summed E-state index contributed by atoms with van der Waals surface area (Å²) in [6.45, 7) is 1.81. The predicted octanol–water partition coefficient (Wildman–Crippen LogP) is 3.70. The van der Waals surface area contributed by atoms with Crippen molar-refractivity contribution in [2.75, 3.05) is 5.73 Å². The smallest absolute Gasteiger partial charge is 0.184 e. The number of nitroso groups, excluding NO2 is 1. The van der Waals surface area contributed by atoms with E-state index in [-0.39, 0.29) is 5.75 Å². The Morgan fingerprint density at radius 2 is 1.74 bits per heavy atom. The van der Waals surface area contributed by atoms with Crippen LogP contribution in [-0.4, -0.2) is 0 Å². The van der Waals surface area contributed by atoms with Crippen LogP contribution in [-0.2, 0) is 0 Å². The van der Waals surface area contributed by atoms with Crippen molar-refractivity contribution < 1.29 is 4.84 Å². The van der Waals surface area contributed by atoms with E-state index in [0.29, 0.717) is 11.4 Å². The van der Waals surface area contributed by atoms with Crippen LogP contribution >= 0.6 is 0 Å². The molecule has 6 nitrogen and oxygen atoms in total. The second kappa shape index (κ2) is 5.26. The summed E-state index contributed by atoms with van der Waals surface area (Å²) in [4.78, 5) is 25.0. The van der Waals surface area contributed by atoms with Crippen LogP contribution in [0, 0.1) is 16.7 Å². The average molecular weight is 257 g/mol. The molecule has 0 heterocycles. The molecule has 0 aliphatic rings. The lowest BCUT2D eigenvalue weighted by molar-refractivity contribution is 0.336. The first-order valence-corrected chi connectivity index (χ1v) is 5.50. The van der Waals surface area contributed by atoms with Crippen LogP contribution in [0.2, 0.25) is 0 Å². The molecule has 0 radical (unpaired) electrons. The van der Waals surface area contributed by atoms with Crippen LogP contribution in [0.5, 0.6) is 5.75 Å². The van der Waals surface area contributed by atoms with E-state index in [1.807, 2.05) is 6.92 Å². The van der Waals surface area contributed by atoms with Gasteiger partial charge in [0.15, 0.2) is 11.1 Å². The molecule has 0 spiro atoms. The maximum atomic E-state index is 10.4. The predicted molar refractivity (Wildman–Crippen MR) is 72.9 cm³/mol. The summed E-state index contributed by atoms with van der Waals surface area (Å²) in [5, 5.41) is 5.20. The highest BCUT2D eigenvalue weighted by molar-refractivity contribution is 5.76. The second-order valence-electron chi connectivity index (χ2n) is 3.95. The van der Waals surface area contributed by atoms with E-state index in [4.69, 9.17) is 5.73 Å². The zero-order chi connectivity index (χ0) is 13.8. The van der Waals surface area contributed by atoms with Crippen molar-refractivity contribution >= 4 is 11.4 Å². The minimum atomic E-state index is 0.224. The molecule has 0 saturated carbocycles. The fourth-order valence-corrected chi connectivity index (χ4v) is 1.84. The van der Waals surface area contributed by atoms with Gasteiger partial charge in [0.2, 0.25) is 0 Å². The molecule has 19 heavy (non-hydrogen) atoms. The van der Waals surface area contributed by atoms with Crippen LogP contribution in [0.15, 0.2) is 46.9 Å². The van der Waals surface area contributed by atoms with Crippen molar-refractivity contribution in [3.8, 4) is 16.9 Å². The van der Waals surface area contributed by atoms with Crippen LogP contribution in [0.1, 0.15) is 5.56 Å². The van der Waals surface area contributed by atoms with Gasteiger partial charge in [-0.05, 0) is 47.0 Å². The first kappa shape index (κ1) is 12.7. The normalized spacial score (nSPS) is 9.95. The Bertz CT molecular complexity index is 624. The zero-order valence-corrected chi connectivity index (χ0v) is 10.2. The number of rotatable bonds is 4. The standard InChI is InChI=1S/C13H11N3O3/c1-8-11(6-7-12(13(8)14)19-16-18)9-2-4-10(15-17)5-3-9/h2-7H,14H2,1H3. The molecule has 0 amide bonds. The first-order chi connectivity index (χ1) is 9.17. The fourth-order valence-electron chi connectivity index (χ4n) is 1.84. The van der Waals surface area contributed by atoms with E-state index in [1.54, 1.807) is 36.4 Å². The van der Waals surface area contributed by atoms with Crippen LogP contribution in [0.3, 0.4) is 0 Å². The van der Waals surface area contributed by atoms with Gasteiger partial charge in [0.05, 0.1) is 5.69 Å². The van der Waals surface area contributed by atoms with E-state index in [2.05, 4.69) is 15.4 Å². The monoisotopic (exact) mass is 257 g/mol. The molecule has 2 aromatic carbocycles. The molecule has 2 aromatic rings. The number of benzene rings is 2. The molecular weight excluding hydrogens is 246 g/mol. The molecule has 2 N–H and O–H groups in total. The van der Waals surface area contributed by atoms with Gasteiger partial charge in [-0.2, -0.15) is 0 Å². The molecule has 0 aromatic heterocycles. The van der Waals surface area contributed by atoms with Gasteiger partial charge in [-0.3, -0.25) is 0 Å². The SMILES string of the molecule is Cc1c(-c2ccc(N=O)cc2)ccc(ON=O)c1N. The van der Waals surface area contributed by atoms with Crippen molar-refractivity contribution in [1.82, 2.24) is 0 Å². The Hall–Kier alpha value is -2.76. The Balaban J connectivity index is 2.47.